The second kappa shape index (κ2) is 6.72. The van der Waals surface area contributed by atoms with Crippen molar-refractivity contribution in [1.82, 2.24) is 14.9 Å². The molecule has 0 saturated heterocycles. The predicted octanol–water partition coefficient (Wildman–Crippen LogP) is 2.11. The molecule has 0 aliphatic rings. The number of imide groups is 1. The first-order chi connectivity index (χ1) is 10.2. The van der Waals surface area contributed by atoms with Crippen LogP contribution in [-0.4, -0.2) is 33.2 Å². The maximum atomic E-state index is 12.3. The van der Waals surface area contributed by atoms with E-state index in [9.17, 15) is 9.59 Å². The lowest BCUT2D eigenvalue weighted by molar-refractivity contribution is -0.127. The number of amides is 2. The molecule has 0 aromatic carbocycles. The van der Waals surface area contributed by atoms with Gasteiger partial charge in [-0.3, -0.25) is 19.5 Å². The number of hydrogen-bond acceptors (Lipinski definition) is 6. The quantitative estimate of drug-likeness (QED) is 0.807. The first kappa shape index (κ1) is 14.8. The molecule has 106 valence electrons. The van der Waals surface area contributed by atoms with Crippen LogP contribution in [0.25, 0.3) is 10.6 Å². The number of nitriles is 1. The van der Waals surface area contributed by atoms with E-state index in [0.29, 0.717) is 9.88 Å². The Kier molecular flexibility index (Phi) is 4.74. The molecule has 0 saturated carbocycles. The number of carbonyl (C=O) groups is 2. The lowest BCUT2D eigenvalue weighted by Crippen LogP contribution is -2.36. The molecule has 2 amide bonds. The van der Waals surface area contributed by atoms with Gasteiger partial charge in [0.25, 0.3) is 5.91 Å². The van der Waals surface area contributed by atoms with Gasteiger partial charge >= 0.3 is 0 Å². The van der Waals surface area contributed by atoms with E-state index in [1.54, 1.807) is 25.4 Å². The van der Waals surface area contributed by atoms with E-state index in [4.69, 9.17) is 5.26 Å². The smallest absolute Gasteiger partial charge is 0.273 e. The molecular formula is C14H12N4O2S. The molecule has 2 heterocycles. The minimum atomic E-state index is -0.490. The van der Waals surface area contributed by atoms with Crippen LogP contribution in [0.2, 0.25) is 0 Å². The fourth-order valence-electron chi connectivity index (χ4n) is 1.66. The molecule has 21 heavy (non-hydrogen) atoms. The minimum absolute atomic E-state index is 0.168. The number of hydrogen-bond donors (Lipinski definition) is 0. The Balaban J connectivity index is 2.26. The molecule has 7 heteroatoms. The molecular weight excluding hydrogens is 288 g/mol. The Morgan fingerprint density at radius 2 is 2.24 bits per heavy atom. The topological polar surface area (TPSA) is 87.0 Å². The number of carbonyl (C=O) groups excluding carboxylic acids is 2. The van der Waals surface area contributed by atoms with Gasteiger partial charge in [-0.2, -0.15) is 5.26 Å². The van der Waals surface area contributed by atoms with Gasteiger partial charge in [0.1, 0.15) is 16.4 Å². The van der Waals surface area contributed by atoms with Crippen LogP contribution in [-0.2, 0) is 4.79 Å². The van der Waals surface area contributed by atoms with Crippen molar-refractivity contribution in [3.8, 4) is 16.6 Å². The molecule has 2 aromatic heterocycles. The highest BCUT2D eigenvalue weighted by Crippen LogP contribution is 2.25. The fraction of sp³-hybridized carbons (Fsp3) is 0.214. The van der Waals surface area contributed by atoms with Gasteiger partial charge < -0.3 is 0 Å². The van der Waals surface area contributed by atoms with E-state index >= 15 is 0 Å². The van der Waals surface area contributed by atoms with Crippen molar-refractivity contribution in [3.63, 3.8) is 0 Å². The molecule has 0 atom stereocenters. The third kappa shape index (κ3) is 3.30. The number of rotatable bonds is 4. The summed E-state index contributed by atoms with van der Waals surface area (Å²) in [7, 11) is 0. The average Bonchev–Trinajstić information content (AvgIpc) is 3.02. The van der Waals surface area contributed by atoms with Gasteiger partial charge in [0.05, 0.1) is 12.3 Å². The standard InChI is InChI=1S/C14H12N4O2S/c1-2-12(19)18(7-5-15)14(20)11-9-17-13(21-11)10-4-3-6-16-8-10/h3-4,6,8-9H,2,7H2,1H3. The minimum Gasteiger partial charge on any atom is -0.274 e. The molecule has 2 rings (SSSR count). The zero-order valence-corrected chi connectivity index (χ0v) is 12.1. The zero-order valence-electron chi connectivity index (χ0n) is 11.3. The molecule has 0 N–H and O–H groups in total. The molecule has 2 aromatic rings. The second-order valence-electron chi connectivity index (χ2n) is 4.07. The Morgan fingerprint density at radius 3 is 2.86 bits per heavy atom. The molecule has 0 aliphatic carbocycles. The SMILES string of the molecule is CCC(=O)N(CC#N)C(=O)c1cnc(-c2cccnc2)s1. The van der Waals surface area contributed by atoms with Crippen molar-refractivity contribution in [2.24, 2.45) is 0 Å². The van der Waals surface area contributed by atoms with Gasteiger partial charge in [-0.1, -0.05) is 6.92 Å². The summed E-state index contributed by atoms with van der Waals surface area (Å²) in [5.74, 6) is -0.867. The second-order valence-corrected chi connectivity index (χ2v) is 5.10. The van der Waals surface area contributed by atoms with Crippen LogP contribution in [0.3, 0.4) is 0 Å². The molecule has 6 nitrogen and oxygen atoms in total. The highest BCUT2D eigenvalue weighted by molar-refractivity contribution is 7.16. The molecule has 0 bridgehead atoms. The van der Waals surface area contributed by atoms with Gasteiger partial charge in [-0.25, -0.2) is 4.98 Å². The van der Waals surface area contributed by atoms with Crippen molar-refractivity contribution < 1.29 is 9.59 Å². The van der Waals surface area contributed by atoms with E-state index in [1.807, 2.05) is 12.1 Å². The number of nitrogens with zero attached hydrogens (tertiary/aromatic N) is 4. The van der Waals surface area contributed by atoms with E-state index in [2.05, 4.69) is 9.97 Å². The van der Waals surface area contributed by atoms with Crippen LogP contribution in [0, 0.1) is 11.3 Å². The number of thiazole rings is 1. The Labute approximate surface area is 125 Å². The summed E-state index contributed by atoms with van der Waals surface area (Å²) in [5.41, 5.74) is 0.801. The first-order valence-corrected chi connectivity index (χ1v) is 7.07. The maximum absolute atomic E-state index is 12.3. The van der Waals surface area contributed by atoms with Gasteiger partial charge in [0.2, 0.25) is 5.91 Å². The summed E-state index contributed by atoms with van der Waals surface area (Å²) in [4.78, 5) is 33.4. The lowest BCUT2D eigenvalue weighted by atomic mass is 10.3. The summed E-state index contributed by atoms with van der Waals surface area (Å²) in [6.07, 6.45) is 4.89. The summed E-state index contributed by atoms with van der Waals surface area (Å²) in [5, 5.41) is 9.39. The predicted molar refractivity (Wildman–Crippen MR) is 77.3 cm³/mol. The maximum Gasteiger partial charge on any atom is 0.273 e. The Morgan fingerprint density at radius 1 is 1.43 bits per heavy atom. The van der Waals surface area contributed by atoms with Gasteiger partial charge in [0.15, 0.2) is 0 Å². The van der Waals surface area contributed by atoms with Gasteiger partial charge in [-0.05, 0) is 12.1 Å². The van der Waals surface area contributed by atoms with Crippen LogP contribution in [0.15, 0.2) is 30.7 Å². The first-order valence-electron chi connectivity index (χ1n) is 6.25. The van der Waals surface area contributed by atoms with Gasteiger partial charge in [0, 0.05) is 24.4 Å². The Hall–Kier alpha value is -2.59. The van der Waals surface area contributed by atoms with E-state index in [1.165, 1.54) is 17.5 Å². The largest absolute Gasteiger partial charge is 0.274 e. The number of aromatic nitrogens is 2. The molecule has 0 radical (unpaired) electrons. The highest BCUT2D eigenvalue weighted by Gasteiger charge is 2.23. The van der Waals surface area contributed by atoms with E-state index in [0.717, 1.165) is 10.5 Å². The van der Waals surface area contributed by atoms with Crippen molar-refractivity contribution in [2.75, 3.05) is 6.54 Å². The van der Waals surface area contributed by atoms with Crippen LogP contribution in [0.1, 0.15) is 23.0 Å². The van der Waals surface area contributed by atoms with Crippen LogP contribution in [0.4, 0.5) is 0 Å². The van der Waals surface area contributed by atoms with Gasteiger partial charge in [-0.15, -0.1) is 11.3 Å². The third-order valence-electron chi connectivity index (χ3n) is 2.70. The third-order valence-corrected chi connectivity index (χ3v) is 3.74. The van der Waals surface area contributed by atoms with Crippen LogP contribution in [0.5, 0.6) is 0 Å². The molecule has 0 fully saturated rings. The average molecular weight is 300 g/mol. The Bertz CT molecular complexity index is 690. The van der Waals surface area contributed by atoms with Crippen LogP contribution < -0.4 is 0 Å². The van der Waals surface area contributed by atoms with E-state index in [-0.39, 0.29) is 18.9 Å². The highest BCUT2D eigenvalue weighted by atomic mass is 32.1. The molecule has 0 spiro atoms. The molecule has 0 aliphatic heterocycles. The lowest BCUT2D eigenvalue weighted by Gasteiger charge is -2.15. The van der Waals surface area contributed by atoms with Crippen molar-refractivity contribution in [3.05, 3.63) is 35.6 Å². The number of pyridine rings is 1. The van der Waals surface area contributed by atoms with Crippen molar-refractivity contribution >= 4 is 23.2 Å². The van der Waals surface area contributed by atoms with Crippen molar-refractivity contribution in [2.45, 2.75) is 13.3 Å². The fourth-order valence-corrected chi connectivity index (χ4v) is 2.52. The summed E-state index contributed by atoms with van der Waals surface area (Å²) in [6.45, 7) is 1.39. The monoisotopic (exact) mass is 300 g/mol. The normalized spacial score (nSPS) is 9.90. The van der Waals surface area contributed by atoms with Crippen molar-refractivity contribution in [1.29, 1.82) is 5.26 Å². The van der Waals surface area contributed by atoms with E-state index < -0.39 is 5.91 Å². The molecule has 0 unspecified atom stereocenters. The summed E-state index contributed by atoms with van der Waals surface area (Å²) >= 11 is 1.17. The summed E-state index contributed by atoms with van der Waals surface area (Å²) < 4.78 is 0. The zero-order chi connectivity index (χ0) is 15.2. The summed E-state index contributed by atoms with van der Waals surface area (Å²) in [6, 6.07) is 5.45. The van der Waals surface area contributed by atoms with Crippen LogP contribution >= 0.6 is 11.3 Å².